The molecule has 1 unspecified atom stereocenters. The lowest BCUT2D eigenvalue weighted by Crippen LogP contribution is -2.60. The standard InChI is InChI=1S/C16H26N4O3/c1-12(21)13-8-20(18-17-13)9-14(22)19-10-15(2,3)23-16(11-19)6-4-5-7-16/h8,12,21H,4-7,9-11H2,1-3H3. The van der Waals surface area contributed by atoms with Gasteiger partial charge in [0.25, 0.3) is 0 Å². The van der Waals surface area contributed by atoms with Gasteiger partial charge in [0.2, 0.25) is 5.91 Å². The number of carbonyl (C=O) groups is 1. The Hall–Kier alpha value is -1.47. The Morgan fingerprint density at radius 1 is 1.39 bits per heavy atom. The Kier molecular flexibility index (Phi) is 4.18. The van der Waals surface area contributed by atoms with Gasteiger partial charge in [0.1, 0.15) is 12.2 Å². The van der Waals surface area contributed by atoms with E-state index >= 15 is 0 Å². The molecule has 2 fully saturated rings. The highest BCUT2D eigenvalue weighted by Gasteiger charge is 2.46. The van der Waals surface area contributed by atoms with E-state index < -0.39 is 6.10 Å². The van der Waals surface area contributed by atoms with Crippen molar-refractivity contribution in [1.82, 2.24) is 19.9 Å². The smallest absolute Gasteiger partial charge is 0.244 e. The number of aliphatic hydroxyl groups excluding tert-OH is 1. The first kappa shape index (κ1) is 16.4. The molecular formula is C16H26N4O3. The van der Waals surface area contributed by atoms with E-state index in [1.807, 2.05) is 18.7 Å². The van der Waals surface area contributed by atoms with Crippen LogP contribution in [0.15, 0.2) is 6.20 Å². The molecule has 1 spiro atoms. The maximum Gasteiger partial charge on any atom is 0.244 e. The highest BCUT2D eigenvalue weighted by Crippen LogP contribution is 2.40. The van der Waals surface area contributed by atoms with Crippen molar-refractivity contribution in [3.05, 3.63) is 11.9 Å². The fourth-order valence-electron chi connectivity index (χ4n) is 3.79. The van der Waals surface area contributed by atoms with Crippen LogP contribution in [0.3, 0.4) is 0 Å². The van der Waals surface area contributed by atoms with Crippen molar-refractivity contribution >= 4 is 5.91 Å². The first-order valence-electron chi connectivity index (χ1n) is 8.35. The van der Waals surface area contributed by atoms with E-state index in [1.165, 1.54) is 17.5 Å². The van der Waals surface area contributed by atoms with Crippen LogP contribution in [0.25, 0.3) is 0 Å². The summed E-state index contributed by atoms with van der Waals surface area (Å²) in [5.74, 6) is 0.0229. The third kappa shape index (κ3) is 3.55. The molecule has 128 valence electrons. The van der Waals surface area contributed by atoms with Crippen molar-refractivity contribution in [3.8, 4) is 0 Å². The highest BCUT2D eigenvalue weighted by molar-refractivity contribution is 5.76. The van der Waals surface area contributed by atoms with E-state index in [2.05, 4.69) is 10.3 Å². The monoisotopic (exact) mass is 322 g/mol. The van der Waals surface area contributed by atoms with E-state index in [9.17, 15) is 9.90 Å². The summed E-state index contributed by atoms with van der Waals surface area (Å²) >= 11 is 0. The molecule has 1 aromatic rings. The topological polar surface area (TPSA) is 80.5 Å². The van der Waals surface area contributed by atoms with Crippen LogP contribution in [0.2, 0.25) is 0 Å². The zero-order chi connectivity index (χ0) is 16.7. The number of morpholine rings is 1. The summed E-state index contributed by atoms with van der Waals surface area (Å²) in [5.41, 5.74) is -0.0250. The molecule has 7 heteroatoms. The molecule has 1 aliphatic heterocycles. The summed E-state index contributed by atoms with van der Waals surface area (Å²) in [6.07, 6.45) is 5.32. The largest absolute Gasteiger partial charge is 0.387 e. The number of hydrogen-bond acceptors (Lipinski definition) is 5. The van der Waals surface area contributed by atoms with Crippen molar-refractivity contribution < 1.29 is 14.6 Å². The van der Waals surface area contributed by atoms with Crippen molar-refractivity contribution in [2.45, 2.75) is 70.3 Å². The summed E-state index contributed by atoms with van der Waals surface area (Å²) in [5, 5.41) is 17.3. The van der Waals surface area contributed by atoms with Crippen molar-refractivity contribution in [1.29, 1.82) is 0 Å². The van der Waals surface area contributed by atoms with Crippen molar-refractivity contribution in [2.24, 2.45) is 0 Å². The van der Waals surface area contributed by atoms with E-state index in [1.54, 1.807) is 13.1 Å². The molecule has 0 aromatic carbocycles. The number of hydrogen-bond donors (Lipinski definition) is 1. The molecule has 1 saturated carbocycles. The zero-order valence-electron chi connectivity index (χ0n) is 14.2. The van der Waals surface area contributed by atoms with E-state index in [0.717, 1.165) is 12.8 Å². The van der Waals surface area contributed by atoms with Gasteiger partial charge >= 0.3 is 0 Å². The van der Waals surface area contributed by atoms with E-state index in [0.29, 0.717) is 18.8 Å². The van der Waals surface area contributed by atoms with Crippen LogP contribution < -0.4 is 0 Å². The lowest BCUT2D eigenvalue weighted by Gasteiger charge is -2.48. The Morgan fingerprint density at radius 2 is 2.09 bits per heavy atom. The second kappa shape index (κ2) is 5.87. The molecule has 2 aliphatic rings. The molecule has 1 saturated heterocycles. The van der Waals surface area contributed by atoms with Crippen molar-refractivity contribution in [2.75, 3.05) is 13.1 Å². The molecule has 1 amide bonds. The van der Waals surface area contributed by atoms with Gasteiger partial charge in [0.15, 0.2) is 0 Å². The van der Waals surface area contributed by atoms with Crippen LogP contribution >= 0.6 is 0 Å². The van der Waals surface area contributed by atoms with Gasteiger partial charge in [0.05, 0.1) is 23.5 Å². The van der Waals surface area contributed by atoms with E-state index in [-0.39, 0.29) is 23.7 Å². The van der Waals surface area contributed by atoms with Gasteiger partial charge in [-0.05, 0) is 33.6 Å². The maximum atomic E-state index is 12.7. The summed E-state index contributed by atoms with van der Waals surface area (Å²) < 4.78 is 7.82. The summed E-state index contributed by atoms with van der Waals surface area (Å²) in [4.78, 5) is 14.6. The molecule has 1 N–H and O–H groups in total. The van der Waals surface area contributed by atoms with Gasteiger partial charge in [-0.2, -0.15) is 0 Å². The average Bonchev–Trinajstić information content (AvgIpc) is 3.06. The second-order valence-corrected chi connectivity index (χ2v) is 7.52. The third-order valence-electron chi connectivity index (χ3n) is 4.69. The van der Waals surface area contributed by atoms with Crippen LogP contribution in [0.4, 0.5) is 0 Å². The van der Waals surface area contributed by atoms with Crippen LogP contribution in [0, 0.1) is 0 Å². The molecule has 1 aliphatic carbocycles. The molecule has 0 bridgehead atoms. The number of amides is 1. The molecule has 23 heavy (non-hydrogen) atoms. The summed E-state index contributed by atoms with van der Waals surface area (Å²) in [6, 6.07) is 0. The minimum absolute atomic E-state index is 0.0229. The second-order valence-electron chi connectivity index (χ2n) is 7.52. The minimum Gasteiger partial charge on any atom is -0.387 e. The van der Waals surface area contributed by atoms with Gasteiger partial charge in [-0.25, -0.2) is 4.68 Å². The molecular weight excluding hydrogens is 296 g/mol. The number of aliphatic hydroxyl groups is 1. The third-order valence-corrected chi connectivity index (χ3v) is 4.69. The van der Waals surface area contributed by atoms with E-state index in [4.69, 9.17) is 4.74 Å². The van der Waals surface area contributed by atoms with Gasteiger partial charge in [0, 0.05) is 13.1 Å². The first-order valence-corrected chi connectivity index (χ1v) is 8.35. The minimum atomic E-state index is -0.678. The van der Waals surface area contributed by atoms with Crippen LogP contribution in [0.5, 0.6) is 0 Å². The predicted molar refractivity (Wildman–Crippen MR) is 83.6 cm³/mol. The molecule has 1 atom stereocenters. The van der Waals surface area contributed by atoms with Gasteiger partial charge in [-0.3, -0.25) is 4.79 Å². The fourth-order valence-corrected chi connectivity index (χ4v) is 3.79. The molecule has 7 nitrogen and oxygen atoms in total. The van der Waals surface area contributed by atoms with Gasteiger partial charge < -0.3 is 14.7 Å². The molecule has 3 rings (SSSR count). The molecule has 1 aromatic heterocycles. The lowest BCUT2D eigenvalue weighted by molar-refractivity contribution is -0.198. The number of ether oxygens (including phenoxy) is 1. The Labute approximate surface area is 136 Å². The Balaban J connectivity index is 1.70. The van der Waals surface area contributed by atoms with Gasteiger partial charge in [-0.1, -0.05) is 18.1 Å². The number of rotatable bonds is 3. The van der Waals surface area contributed by atoms with Crippen LogP contribution in [-0.2, 0) is 16.1 Å². The zero-order valence-corrected chi connectivity index (χ0v) is 14.2. The highest BCUT2D eigenvalue weighted by atomic mass is 16.5. The van der Waals surface area contributed by atoms with Crippen LogP contribution in [-0.4, -0.2) is 55.2 Å². The fraction of sp³-hybridized carbons (Fsp3) is 0.812. The maximum absolute atomic E-state index is 12.7. The van der Waals surface area contributed by atoms with Crippen LogP contribution in [0.1, 0.15) is 58.3 Å². The summed E-state index contributed by atoms with van der Waals surface area (Å²) in [6.45, 7) is 7.12. The Bertz CT molecular complexity index is 576. The van der Waals surface area contributed by atoms with Gasteiger partial charge in [-0.15, -0.1) is 5.10 Å². The average molecular weight is 322 g/mol. The normalized spacial score (nSPS) is 24.1. The first-order chi connectivity index (χ1) is 10.8. The SMILES string of the molecule is CC(O)c1cn(CC(=O)N2CC(C)(C)OC3(CCCC3)C2)nn1. The lowest BCUT2D eigenvalue weighted by atomic mass is 9.94. The number of nitrogens with zero attached hydrogens (tertiary/aromatic N) is 4. The summed E-state index contributed by atoms with van der Waals surface area (Å²) in [7, 11) is 0. The van der Waals surface area contributed by atoms with Crippen molar-refractivity contribution in [3.63, 3.8) is 0 Å². The predicted octanol–water partition coefficient (Wildman–Crippen LogP) is 1.28. The quantitative estimate of drug-likeness (QED) is 0.907. The molecule has 0 radical (unpaired) electrons. The Morgan fingerprint density at radius 3 is 2.70 bits per heavy atom. The molecule has 2 heterocycles. The number of carbonyl (C=O) groups excluding carboxylic acids is 1. The number of aromatic nitrogens is 3.